The van der Waals surface area contributed by atoms with Crippen LogP contribution in [0.4, 0.5) is 0 Å². The molecule has 0 bridgehead atoms. The number of carboxylic acids is 1. The van der Waals surface area contributed by atoms with Crippen molar-refractivity contribution < 1.29 is 14.7 Å². The van der Waals surface area contributed by atoms with Crippen molar-refractivity contribution in [3.8, 4) is 0 Å². The second-order valence-electron chi connectivity index (χ2n) is 5.16. The number of nitrogens with zero attached hydrogens (tertiary/aromatic N) is 1. The minimum absolute atomic E-state index is 0.191. The Kier molecular flexibility index (Phi) is 6.18. The van der Waals surface area contributed by atoms with Crippen LogP contribution < -0.4 is 5.32 Å². The molecule has 0 aliphatic heterocycles. The second-order valence-corrected chi connectivity index (χ2v) is 5.16. The Morgan fingerprint density at radius 1 is 1.25 bits per heavy atom. The van der Waals surface area contributed by atoms with Gasteiger partial charge in [-0.05, 0) is 26.5 Å². The normalized spacial score (nSPS) is 12.4. The molecule has 1 amide bonds. The third-order valence-electron chi connectivity index (χ3n) is 3.19. The van der Waals surface area contributed by atoms with Crippen molar-refractivity contribution >= 4 is 11.9 Å². The zero-order valence-electron chi connectivity index (χ0n) is 12.2. The number of aliphatic carboxylic acids is 1. The van der Waals surface area contributed by atoms with Crippen LogP contribution in [0.1, 0.15) is 19.4 Å². The van der Waals surface area contributed by atoms with E-state index in [1.54, 1.807) is 0 Å². The van der Waals surface area contributed by atoms with Gasteiger partial charge in [0.1, 0.15) is 6.04 Å². The van der Waals surface area contributed by atoms with Crippen LogP contribution in [-0.2, 0) is 16.0 Å². The number of rotatable bonds is 7. The Labute approximate surface area is 119 Å². The molecule has 0 spiro atoms. The SMILES string of the molecule is CC(C)N(C)CC(=O)N[C@H](Cc1ccccc1)C(=O)O. The van der Waals surface area contributed by atoms with E-state index in [1.165, 1.54) is 0 Å². The molecule has 1 atom stereocenters. The molecular formula is C15H22N2O3. The number of carboxylic acid groups (broad SMARTS) is 1. The van der Waals surface area contributed by atoms with Gasteiger partial charge in [0.05, 0.1) is 6.54 Å². The van der Waals surface area contributed by atoms with Gasteiger partial charge in [0.25, 0.3) is 0 Å². The lowest BCUT2D eigenvalue weighted by Crippen LogP contribution is -2.47. The van der Waals surface area contributed by atoms with Crippen LogP contribution in [0.3, 0.4) is 0 Å². The van der Waals surface area contributed by atoms with Crippen LogP contribution in [0.15, 0.2) is 30.3 Å². The smallest absolute Gasteiger partial charge is 0.326 e. The number of hydrogen-bond donors (Lipinski definition) is 2. The van der Waals surface area contributed by atoms with Crippen molar-refractivity contribution in [2.45, 2.75) is 32.4 Å². The summed E-state index contributed by atoms with van der Waals surface area (Å²) in [6, 6.07) is 8.61. The van der Waals surface area contributed by atoms with Gasteiger partial charge in [-0.15, -0.1) is 0 Å². The van der Waals surface area contributed by atoms with Gasteiger partial charge in [0.15, 0.2) is 0 Å². The largest absolute Gasteiger partial charge is 0.480 e. The van der Waals surface area contributed by atoms with Crippen molar-refractivity contribution in [2.75, 3.05) is 13.6 Å². The summed E-state index contributed by atoms with van der Waals surface area (Å²) in [5.74, 6) is -1.29. The summed E-state index contributed by atoms with van der Waals surface area (Å²) >= 11 is 0. The number of hydrogen-bond acceptors (Lipinski definition) is 3. The molecule has 1 aromatic rings. The van der Waals surface area contributed by atoms with Crippen molar-refractivity contribution in [3.63, 3.8) is 0 Å². The summed E-state index contributed by atoms with van der Waals surface area (Å²) in [6.07, 6.45) is 0.285. The van der Waals surface area contributed by atoms with E-state index in [0.29, 0.717) is 0 Å². The molecule has 0 unspecified atom stereocenters. The van der Waals surface area contributed by atoms with Gasteiger partial charge in [-0.25, -0.2) is 4.79 Å². The van der Waals surface area contributed by atoms with Crippen molar-refractivity contribution in [1.82, 2.24) is 10.2 Å². The topological polar surface area (TPSA) is 69.6 Å². The third kappa shape index (κ3) is 5.40. The van der Waals surface area contributed by atoms with Crippen molar-refractivity contribution in [3.05, 3.63) is 35.9 Å². The van der Waals surface area contributed by atoms with Gasteiger partial charge in [0, 0.05) is 12.5 Å². The molecule has 0 aromatic heterocycles. The molecule has 0 aliphatic rings. The Bertz CT molecular complexity index is 446. The van der Waals surface area contributed by atoms with Gasteiger partial charge in [-0.3, -0.25) is 9.69 Å². The lowest BCUT2D eigenvalue weighted by molar-refractivity contribution is -0.141. The highest BCUT2D eigenvalue weighted by molar-refractivity contribution is 5.84. The van der Waals surface area contributed by atoms with E-state index in [0.717, 1.165) is 5.56 Å². The Balaban J connectivity index is 2.59. The number of benzene rings is 1. The van der Waals surface area contributed by atoms with E-state index in [4.69, 9.17) is 0 Å². The van der Waals surface area contributed by atoms with E-state index >= 15 is 0 Å². The number of amides is 1. The van der Waals surface area contributed by atoms with E-state index in [2.05, 4.69) is 5.32 Å². The quantitative estimate of drug-likeness (QED) is 0.784. The van der Waals surface area contributed by atoms with Crippen LogP contribution in [-0.4, -0.2) is 47.6 Å². The van der Waals surface area contributed by atoms with Gasteiger partial charge >= 0.3 is 5.97 Å². The highest BCUT2D eigenvalue weighted by atomic mass is 16.4. The first-order valence-corrected chi connectivity index (χ1v) is 6.66. The van der Waals surface area contributed by atoms with Crippen molar-refractivity contribution in [1.29, 1.82) is 0 Å². The first-order valence-electron chi connectivity index (χ1n) is 6.66. The fourth-order valence-corrected chi connectivity index (χ4v) is 1.70. The molecule has 2 N–H and O–H groups in total. The summed E-state index contributed by atoms with van der Waals surface area (Å²) in [6.45, 7) is 4.15. The number of likely N-dealkylation sites (N-methyl/N-ethyl adjacent to an activating group) is 1. The Hall–Kier alpha value is -1.88. The lowest BCUT2D eigenvalue weighted by atomic mass is 10.1. The Morgan fingerprint density at radius 3 is 2.35 bits per heavy atom. The van der Waals surface area contributed by atoms with Crippen LogP contribution in [0.25, 0.3) is 0 Å². The Morgan fingerprint density at radius 2 is 1.85 bits per heavy atom. The van der Waals surface area contributed by atoms with Crippen LogP contribution >= 0.6 is 0 Å². The molecule has 110 valence electrons. The summed E-state index contributed by atoms with van der Waals surface area (Å²) in [4.78, 5) is 24.9. The molecule has 5 nitrogen and oxygen atoms in total. The van der Waals surface area contributed by atoms with Crippen molar-refractivity contribution in [2.24, 2.45) is 0 Å². The fraction of sp³-hybridized carbons (Fsp3) is 0.467. The number of carbonyl (C=O) groups excluding carboxylic acids is 1. The number of carbonyl (C=O) groups is 2. The van der Waals surface area contributed by atoms with Gasteiger partial charge in [-0.2, -0.15) is 0 Å². The highest BCUT2D eigenvalue weighted by Gasteiger charge is 2.21. The predicted octanol–water partition coefficient (Wildman–Crippen LogP) is 1.14. The van der Waals surface area contributed by atoms with E-state index in [-0.39, 0.29) is 24.9 Å². The summed E-state index contributed by atoms with van der Waals surface area (Å²) in [5, 5.41) is 11.8. The molecule has 0 saturated carbocycles. The molecule has 1 rings (SSSR count). The average Bonchev–Trinajstić information content (AvgIpc) is 2.38. The van der Waals surface area contributed by atoms with Gasteiger partial charge in [-0.1, -0.05) is 30.3 Å². The minimum atomic E-state index is -1.02. The van der Waals surface area contributed by atoms with E-state index in [9.17, 15) is 14.7 Å². The zero-order valence-corrected chi connectivity index (χ0v) is 12.2. The lowest BCUT2D eigenvalue weighted by Gasteiger charge is -2.22. The van der Waals surface area contributed by atoms with E-state index < -0.39 is 12.0 Å². The third-order valence-corrected chi connectivity index (χ3v) is 3.19. The maximum absolute atomic E-state index is 11.8. The van der Waals surface area contributed by atoms with E-state index in [1.807, 2.05) is 56.1 Å². The molecular weight excluding hydrogens is 256 g/mol. The fourth-order valence-electron chi connectivity index (χ4n) is 1.70. The number of nitrogens with one attached hydrogen (secondary N) is 1. The average molecular weight is 278 g/mol. The monoisotopic (exact) mass is 278 g/mol. The standard InChI is InChI=1S/C15H22N2O3/c1-11(2)17(3)10-14(18)16-13(15(19)20)9-12-7-5-4-6-8-12/h4-8,11,13H,9-10H2,1-3H3,(H,16,18)(H,19,20)/t13-/m1/s1. The zero-order chi connectivity index (χ0) is 15.1. The first-order chi connectivity index (χ1) is 9.40. The molecule has 0 radical (unpaired) electrons. The summed E-state index contributed by atoms with van der Waals surface area (Å²) in [7, 11) is 1.83. The molecule has 0 saturated heterocycles. The molecule has 0 fully saturated rings. The molecule has 0 heterocycles. The molecule has 5 heteroatoms. The second kappa shape index (κ2) is 7.65. The van der Waals surface area contributed by atoms with Crippen LogP contribution in [0, 0.1) is 0 Å². The minimum Gasteiger partial charge on any atom is -0.480 e. The molecule has 0 aliphatic carbocycles. The maximum Gasteiger partial charge on any atom is 0.326 e. The van der Waals surface area contributed by atoms with Gasteiger partial charge < -0.3 is 10.4 Å². The van der Waals surface area contributed by atoms with Crippen LogP contribution in [0.5, 0.6) is 0 Å². The molecule has 1 aromatic carbocycles. The maximum atomic E-state index is 11.8. The first kappa shape index (κ1) is 16.2. The summed E-state index contributed by atoms with van der Waals surface area (Å²) < 4.78 is 0. The van der Waals surface area contributed by atoms with Crippen LogP contribution in [0.2, 0.25) is 0 Å². The predicted molar refractivity (Wildman–Crippen MR) is 77.5 cm³/mol. The summed E-state index contributed by atoms with van der Waals surface area (Å²) in [5.41, 5.74) is 0.886. The highest BCUT2D eigenvalue weighted by Crippen LogP contribution is 2.04. The van der Waals surface area contributed by atoms with Gasteiger partial charge in [0.2, 0.25) is 5.91 Å². The molecule has 20 heavy (non-hydrogen) atoms.